The van der Waals surface area contributed by atoms with E-state index >= 15 is 0 Å². The molecule has 1 aromatic carbocycles. The molecule has 232 valence electrons. The molecule has 0 bridgehead atoms. The lowest BCUT2D eigenvalue weighted by Crippen LogP contribution is -2.60. The Balaban J connectivity index is 3.15. The number of aromatic hydroxyl groups is 1. The summed E-state index contributed by atoms with van der Waals surface area (Å²) in [7, 11) is 0. The van der Waals surface area contributed by atoms with Crippen LogP contribution >= 0.6 is 12.6 Å². The van der Waals surface area contributed by atoms with Crippen molar-refractivity contribution in [3.8, 4) is 5.75 Å². The van der Waals surface area contributed by atoms with E-state index in [0.717, 1.165) is 0 Å². The van der Waals surface area contributed by atoms with E-state index in [2.05, 4.69) is 23.3 Å². The maximum atomic E-state index is 13.2. The van der Waals surface area contributed by atoms with E-state index in [1.165, 1.54) is 24.3 Å². The van der Waals surface area contributed by atoms with Gasteiger partial charge in [0.15, 0.2) is 0 Å². The Morgan fingerprint density at radius 3 is 1.74 bits per heavy atom. The highest BCUT2D eigenvalue weighted by molar-refractivity contribution is 7.80. The quantitative estimate of drug-likeness (QED) is 0.0717. The van der Waals surface area contributed by atoms with Crippen molar-refractivity contribution in [3.63, 3.8) is 0 Å². The summed E-state index contributed by atoms with van der Waals surface area (Å²) in [6, 6.07) is -2.38. The highest BCUT2D eigenvalue weighted by Crippen LogP contribution is 2.12. The Labute approximate surface area is 244 Å². The van der Waals surface area contributed by atoms with E-state index in [4.69, 9.17) is 15.9 Å². The molecule has 0 saturated carbocycles. The first-order valence-electron chi connectivity index (χ1n) is 12.3. The molecule has 0 aliphatic rings. The number of amides is 4. The normalized spacial score (nSPS) is 14.3. The molecule has 0 spiro atoms. The maximum absolute atomic E-state index is 13.2. The molecule has 4 amide bonds. The molecule has 17 nitrogen and oxygen atoms in total. The standard InChI is InChI=1S/C24H33N5O12S/c25-13(5-6-18(32)33)20(36)26-14(7-11-1-3-12(31)4-2-11)21(37)27-15(8-19(34)35)22(38)28-16(9-30)23(39)29-17(10-42)24(40)41/h1-4,13-17,30-31,42H,5-10,25H2,(H,26,36)(H,27,37)(H,28,38)(H,29,39)(H,32,33)(H,34,35)(H,40,41)/t13-,14-,15-,16-,17-/m0/s1. The van der Waals surface area contributed by atoms with Crippen LogP contribution in [-0.4, -0.2) is 110 Å². The van der Waals surface area contributed by atoms with E-state index < -0.39 is 91.2 Å². The summed E-state index contributed by atoms with van der Waals surface area (Å²) >= 11 is 3.79. The Morgan fingerprint density at radius 1 is 0.738 bits per heavy atom. The van der Waals surface area contributed by atoms with Gasteiger partial charge in [-0.05, 0) is 24.1 Å². The van der Waals surface area contributed by atoms with Crippen molar-refractivity contribution in [2.75, 3.05) is 12.4 Å². The molecular weight excluding hydrogens is 582 g/mol. The number of aliphatic hydroxyl groups is 1. The number of carbonyl (C=O) groups excluding carboxylic acids is 4. The van der Waals surface area contributed by atoms with Gasteiger partial charge in [-0.15, -0.1) is 0 Å². The zero-order chi connectivity index (χ0) is 32.0. The van der Waals surface area contributed by atoms with Crippen molar-refractivity contribution in [1.82, 2.24) is 21.3 Å². The van der Waals surface area contributed by atoms with E-state index in [9.17, 15) is 48.9 Å². The van der Waals surface area contributed by atoms with Gasteiger partial charge in [-0.25, -0.2) is 4.79 Å². The summed E-state index contributed by atoms with van der Waals surface area (Å²) in [6.45, 7) is -1.02. The largest absolute Gasteiger partial charge is 0.508 e. The third-order valence-electron chi connectivity index (χ3n) is 5.64. The number of phenols is 1. The molecule has 0 unspecified atom stereocenters. The summed E-state index contributed by atoms with van der Waals surface area (Å²) < 4.78 is 0. The molecular formula is C24H33N5O12S. The van der Waals surface area contributed by atoms with Crippen LogP contribution in [0.3, 0.4) is 0 Å². The summed E-state index contributed by atoms with van der Waals surface area (Å²) in [5, 5.41) is 54.8. The van der Waals surface area contributed by atoms with Gasteiger partial charge in [0.05, 0.1) is 19.1 Å². The van der Waals surface area contributed by atoms with E-state index in [1.807, 2.05) is 10.6 Å². The number of hydrogen-bond acceptors (Lipinski definition) is 11. The van der Waals surface area contributed by atoms with Crippen LogP contribution in [0, 0.1) is 0 Å². The van der Waals surface area contributed by atoms with Gasteiger partial charge in [-0.1, -0.05) is 12.1 Å². The average molecular weight is 616 g/mol. The first kappa shape index (κ1) is 35.6. The van der Waals surface area contributed by atoms with Crippen molar-refractivity contribution < 1.29 is 59.1 Å². The fourth-order valence-corrected chi connectivity index (χ4v) is 3.59. The summed E-state index contributed by atoms with van der Waals surface area (Å²) in [5.41, 5.74) is 6.14. The van der Waals surface area contributed by atoms with Crippen molar-refractivity contribution in [2.24, 2.45) is 5.73 Å². The minimum absolute atomic E-state index is 0.0933. The molecule has 0 aliphatic heterocycles. The molecule has 1 aromatic rings. The summed E-state index contributed by atoms with van der Waals surface area (Å²) in [4.78, 5) is 84.4. The van der Waals surface area contributed by atoms with Gasteiger partial charge in [-0.3, -0.25) is 28.8 Å². The lowest BCUT2D eigenvalue weighted by Gasteiger charge is -2.25. The van der Waals surface area contributed by atoms with Gasteiger partial charge in [0.1, 0.15) is 29.9 Å². The smallest absolute Gasteiger partial charge is 0.327 e. The van der Waals surface area contributed by atoms with Crippen LogP contribution in [0.5, 0.6) is 5.75 Å². The van der Waals surface area contributed by atoms with Gasteiger partial charge in [-0.2, -0.15) is 12.6 Å². The predicted molar refractivity (Wildman–Crippen MR) is 145 cm³/mol. The van der Waals surface area contributed by atoms with Crippen LogP contribution in [0.15, 0.2) is 24.3 Å². The Kier molecular flexibility index (Phi) is 14.8. The SMILES string of the molecule is N[C@@H](CCC(=O)O)C(=O)N[C@@H](Cc1ccc(O)cc1)C(=O)N[C@@H](CC(=O)O)C(=O)N[C@@H](CO)C(=O)N[C@@H](CS)C(=O)O. The molecule has 18 heteroatoms. The lowest BCUT2D eigenvalue weighted by molar-refractivity contribution is -0.143. The number of carboxylic acids is 3. The minimum Gasteiger partial charge on any atom is -0.508 e. The third-order valence-corrected chi connectivity index (χ3v) is 6.00. The Bertz CT molecular complexity index is 1150. The second kappa shape index (κ2) is 17.4. The third kappa shape index (κ3) is 12.4. The first-order valence-corrected chi connectivity index (χ1v) is 12.9. The molecule has 0 fully saturated rings. The van der Waals surface area contributed by atoms with E-state index in [-0.39, 0.29) is 24.3 Å². The van der Waals surface area contributed by atoms with Crippen LogP contribution in [0.2, 0.25) is 0 Å². The molecule has 0 aliphatic carbocycles. The number of aliphatic carboxylic acids is 3. The van der Waals surface area contributed by atoms with Gasteiger partial charge in [0.2, 0.25) is 23.6 Å². The lowest BCUT2D eigenvalue weighted by atomic mass is 10.0. The number of aliphatic hydroxyl groups excluding tert-OH is 1. The molecule has 0 heterocycles. The fourth-order valence-electron chi connectivity index (χ4n) is 3.35. The van der Waals surface area contributed by atoms with Gasteiger partial charge in [0, 0.05) is 18.6 Å². The minimum atomic E-state index is -1.84. The number of benzene rings is 1. The van der Waals surface area contributed by atoms with Gasteiger partial charge in [0.25, 0.3) is 0 Å². The van der Waals surface area contributed by atoms with Crippen molar-refractivity contribution >= 4 is 54.2 Å². The molecule has 0 aromatic heterocycles. The zero-order valence-electron chi connectivity index (χ0n) is 22.1. The number of carboxylic acid groups (broad SMARTS) is 3. The highest BCUT2D eigenvalue weighted by Gasteiger charge is 2.32. The molecule has 0 saturated heterocycles. The van der Waals surface area contributed by atoms with E-state index in [0.29, 0.717) is 5.56 Å². The molecule has 0 radical (unpaired) electrons. The fraction of sp³-hybridized carbons (Fsp3) is 0.458. The Morgan fingerprint density at radius 2 is 1.24 bits per heavy atom. The topological polar surface area (TPSA) is 295 Å². The second-order valence-electron chi connectivity index (χ2n) is 8.96. The highest BCUT2D eigenvalue weighted by atomic mass is 32.1. The molecule has 1 rings (SSSR count). The zero-order valence-corrected chi connectivity index (χ0v) is 23.0. The first-order chi connectivity index (χ1) is 19.7. The predicted octanol–water partition coefficient (Wildman–Crippen LogP) is -3.45. The number of phenolic OH excluding ortho intramolecular Hbond substituents is 1. The number of thiol groups is 1. The molecule has 11 N–H and O–H groups in total. The van der Waals surface area contributed by atoms with Crippen molar-refractivity contribution in [1.29, 1.82) is 0 Å². The Hall–Kier alpha value is -4.42. The molecule has 5 atom stereocenters. The summed E-state index contributed by atoms with van der Waals surface area (Å²) in [5.74, 6) is -8.94. The number of nitrogens with two attached hydrogens (primary N) is 1. The average Bonchev–Trinajstić information content (AvgIpc) is 2.92. The molecule has 42 heavy (non-hydrogen) atoms. The number of rotatable bonds is 18. The van der Waals surface area contributed by atoms with E-state index in [1.54, 1.807) is 0 Å². The maximum Gasteiger partial charge on any atom is 0.327 e. The second-order valence-corrected chi connectivity index (χ2v) is 9.32. The van der Waals surface area contributed by atoms with Crippen LogP contribution in [0.1, 0.15) is 24.8 Å². The summed E-state index contributed by atoms with van der Waals surface area (Å²) in [6.07, 6.45) is -1.93. The van der Waals surface area contributed by atoms with Crippen LogP contribution < -0.4 is 27.0 Å². The number of nitrogens with one attached hydrogen (secondary N) is 4. The van der Waals surface area contributed by atoms with Crippen LogP contribution in [0.25, 0.3) is 0 Å². The van der Waals surface area contributed by atoms with Crippen LogP contribution in [-0.2, 0) is 40.0 Å². The monoisotopic (exact) mass is 615 g/mol. The van der Waals surface area contributed by atoms with Crippen molar-refractivity contribution in [3.05, 3.63) is 29.8 Å². The van der Waals surface area contributed by atoms with Gasteiger partial charge >= 0.3 is 17.9 Å². The van der Waals surface area contributed by atoms with Crippen molar-refractivity contribution in [2.45, 2.75) is 55.9 Å². The number of carbonyl (C=O) groups is 7. The number of hydrogen-bond donors (Lipinski definition) is 11. The van der Waals surface area contributed by atoms with Crippen LogP contribution in [0.4, 0.5) is 0 Å². The van der Waals surface area contributed by atoms with Gasteiger partial charge < -0.3 is 52.5 Å².